The van der Waals surface area contributed by atoms with E-state index in [2.05, 4.69) is 30.5 Å². The molecule has 106 valence electrons. The summed E-state index contributed by atoms with van der Waals surface area (Å²) in [5, 5.41) is 6.05. The number of carbonyl (C=O) groups excluding carboxylic acids is 1. The van der Waals surface area contributed by atoms with Crippen LogP contribution in [0.15, 0.2) is 24.3 Å². The number of thiophene rings is 1. The Morgan fingerprint density at radius 1 is 1.20 bits per heavy atom. The smallest absolute Gasteiger partial charge is 0.253 e. The van der Waals surface area contributed by atoms with Gasteiger partial charge in [0.15, 0.2) is 0 Å². The summed E-state index contributed by atoms with van der Waals surface area (Å²) in [5.41, 5.74) is 3.91. The average Bonchev–Trinajstić information content (AvgIpc) is 2.75. The van der Waals surface area contributed by atoms with E-state index in [1.165, 1.54) is 15.3 Å². The summed E-state index contributed by atoms with van der Waals surface area (Å²) in [6.07, 6.45) is 0. The number of aryl methyl sites for hydroxylation is 3. The molecule has 0 bridgehead atoms. The van der Waals surface area contributed by atoms with E-state index in [0.29, 0.717) is 12.1 Å². The van der Waals surface area contributed by atoms with E-state index in [0.717, 1.165) is 11.3 Å². The molecule has 0 spiro atoms. The molecule has 0 fully saturated rings. The van der Waals surface area contributed by atoms with Crippen molar-refractivity contribution in [2.24, 2.45) is 0 Å². The summed E-state index contributed by atoms with van der Waals surface area (Å²) in [6.45, 7) is 6.76. The zero-order valence-electron chi connectivity index (χ0n) is 12.3. The van der Waals surface area contributed by atoms with Crippen molar-refractivity contribution in [3.05, 3.63) is 50.7 Å². The third-order valence-corrected chi connectivity index (χ3v) is 4.48. The van der Waals surface area contributed by atoms with E-state index in [1.807, 2.05) is 32.2 Å². The van der Waals surface area contributed by atoms with Gasteiger partial charge in [-0.15, -0.1) is 11.3 Å². The number of rotatable bonds is 4. The van der Waals surface area contributed by atoms with Crippen LogP contribution in [0.1, 0.15) is 31.2 Å². The fraction of sp³-hybridized carbons (Fsp3) is 0.312. The molecule has 2 rings (SSSR count). The van der Waals surface area contributed by atoms with Gasteiger partial charge in [-0.05, 0) is 44.5 Å². The lowest BCUT2D eigenvalue weighted by Gasteiger charge is -2.10. The molecule has 2 aromatic rings. The van der Waals surface area contributed by atoms with Crippen LogP contribution >= 0.6 is 11.3 Å². The van der Waals surface area contributed by atoms with Crippen LogP contribution in [0.25, 0.3) is 0 Å². The van der Waals surface area contributed by atoms with Crippen LogP contribution in [0.3, 0.4) is 0 Å². The summed E-state index contributed by atoms with van der Waals surface area (Å²) in [6, 6.07) is 7.97. The Labute approximate surface area is 124 Å². The Morgan fingerprint density at radius 3 is 2.55 bits per heavy atom. The highest BCUT2D eigenvalue weighted by molar-refractivity contribution is 7.12. The van der Waals surface area contributed by atoms with Gasteiger partial charge in [0.25, 0.3) is 5.91 Å². The van der Waals surface area contributed by atoms with Gasteiger partial charge in [0.1, 0.15) is 0 Å². The minimum absolute atomic E-state index is 0.0400. The molecule has 0 aliphatic rings. The highest BCUT2D eigenvalue weighted by Crippen LogP contribution is 2.21. The van der Waals surface area contributed by atoms with Gasteiger partial charge >= 0.3 is 0 Å². The van der Waals surface area contributed by atoms with Crippen molar-refractivity contribution in [1.82, 2.24) is 5.32 Å². The Balaban J connectivity index is 2.10. The molecule has 0 atom stereocenters. The first-order chi connectivity index (χ1) is 9.51. The minimum atomic E-state index is -0.0400. The van der Waals surface area contributed by atoms with E-state index in [4.69, 9.17) is 0 Å². The minimum Gasteiger partial charge on any atom is -0.387 e. The van der Waals surface area contributed by atoms with Gasteiger partial charge in [-0.1, -0.05) is 11.6 Å². The molecule has 1 aromatic heterocycles. The molecule has 2 N–H and O–H groups in total. The summed E-state index contributed by atoms with van der Waals surface area (Å²) < 4.78 is 0. The first-order valence-electron chi connectivity index (χ1n) is 6.63. The zero-order chi connectivity index (χ0) is 14.7. The van der Waals surface area contributed by atoms with Crippen LogP contribution in [0.4, 0.5) is 5.69 Å². The number of amides is 1. The summed E-state index contributed by atoms with van der Waals surface area (Å²) in [7, 11) is 1.83. The molecule has 0 aliphatic heterocycles. The largest absolute Gasteiger partial charge is 0.387 e. The first-order valence-corrected chi connectivity index (χ1v) is 7.45. The molecule has 0 saturated carbocycles. The van der Waals surface area contributed by atoms with Gasteiger partial charge in [-0.25, -0.2) is 0 Å². The second-order valence-corrected chi connectivity index (χ2v) is 6.27. The van der Waals surface area contributed by atoms with Crippen molar-refractivity contribution in [1.29, 1.82) is 0 Å². The number of carbonyl (C=O) groups is 1. The Morgan fingerprint density at radius 2 is 1.95 bits per heavy atom. The maximum absolute atomic E-state index is 12.3. The summed E-state index contributed by atoms with van der Waals surface area (Å²) in [5.74, 6) is -0.0400. The van der Waals surface area contributed by atoms with Crippen molar-refractivity contribution in [2.45, 2.75) is 27.3 Å². The highest BCUT2D eigenvalue weighted by Gasteiger charge is 2.11. The van der Waals surface area contributed by atoms with Gasteiger partial charge in [-0.3, -0.25) is 4.79 Å². The third-order valence-electron chi connectivity index (χ3n) is 3.33. The quantitative estimate of drug-likeness (QED) is 0.901. The van der Waals surface area contributed by atoms with Crippen LogP contribution < -0.4 is 10.6 Å². The van der Waals surface area contributed by atoms with Crippen molar-refractivity contribution >= 4 is 22.9 Å². The van der Waals surface area contributed by atoms with E-state index >= 15 is 0 Å². The Hall–Kier alpha value is -1.81. The SMILES string of the molecule is CNc1ccc(C)cc1C(=O)NCc1cc(C)c(C)s1. The molecule has 0 unspecified atom stereocenters. The predicted molar refractivity (Wildman–Crippen MR) is 85.7 cm³/mol. The zero-order valence-corrected chi connectivity index (χ0v) is 13.1. The summed E-state index contributed by atoms with van der Waals surface area (Å²) in [4.78, 5) is 14.8. The molecule has 0 aliphatic carbocycles. The normalized spacial score (nSPS) is 10.4. The number of hydrogen-bond acceptors (Lipinski definition) is 3. The van der Waals surface area contributed by atoms with Gasteiger partial charge in [0, 0.05) is 22.5 Å². The number of hydrogen-bond donors (Lipinski definition) is 2. The molecule has 1 heterocycles. The van der Waals surface area contributed by atoms with Crippen molar-refractivity contribution in [3.63, 3.8) is 0 Å². The third kappa shape index (κ3) is 3.20. The van der Waals surface area contributed by atoms with E-state index in [9.17, 15) is 4.79 Å². The second-order valence-electron chi connectivity index (χ2n) is 4.93. The molecule has 0 saturated heterocycles. The van der Waals surface area contributed by atoms with Crippen molar-refractivity contribution in [2.75, 3.05) is 12.4 Å². The molecule has 4 heteroatoms. The van der Waals surface area contributed by atoms with Gasteiger partial charge in [0.2, 0.25) is 0 Å². The number of benzene rings is 1. The molecule has 20 heavy (non-hydrogen) atoms. The van der Waals surface area contributed by atoms with Crippen LogP contribution in [-0.4, -0.2) is 13.0 Å². The van der Waals surface area contributed by atoms with Crippen LogP contribution in [-0.2, 0) is 6.54 Å². The Bertz CT molecular complexity index is 612. The molecule has 0 radical (unpaired) electrons. The maximum atomic E-state index is 12.3. The maximum Gasteiger partial charge on any atom is 0.253 e. The fourth-order valence-corrected chi connectivity index (χ4v) is 3.06. The standard InChI is InChI=1S/C16H20N2OS/c1-10-5-6-15(17-4)14(7-10)16(19)18-9-13-8-11(2)12(3)20-13/h5-8,17H,9H2,1-4H3,(H,18,19). The number of anilines is 1. The Kier molecular flexibility index (Phi) is 4.45. The van der Waals surface area contributed by atoms with Crippen LogP contribution in [0.2, 0.25) is 0 Å². The van der Waals surface area contributed by atoms with Gasteiger partial charge < -0.3 is 10.6 Å². The van der Waals surface area contributed by atoms with Crippen molar-refractivity contribution in [3.8, 4) is 0 Å². The molecule has 3 nitrogen and oxygen atoms in total. The fourth-order valence-electron chi connectivity index (χ4n) is 2.06. The molecular formula is C16H20N2OS. The van der Waals surface area contributed by atoms with Crippen LogP contribution in [0.5, 0.6) is 0 Å². The first kappa shape index (κ1) is 14.6. The lowest BCUT2D eigenvalue weighted by molar-refractivity contribution is 0.0952. The predicted octanol–water partition coefficient (Wildman–Crippen LogP) is 3.65. The lowest BCUT2D eigenvalue weighted by atomic mass is 10.1. The second kappa shape index (κ2) is 6.09. The number of nitrogens with one attached hydrogen (secondary N) is 2. The van der Waals surface area contributed by atoms with Crippen LogP contribution in [0, 0.1) is 20.8 Å². The molecular weight excluding hydrogens is 268 g/mol. The lowest BCUT2D eigenvalue weighted by Crippen LogP contribution is -2.23. The topological polar surface area (TPSA) is 41.1 Å². The summed E-state index contributed by atoms with van der Waals surface area (Å²) >= 11 is 1.73. The van der Waals surface area contributed by atoms with Gasteiger partial charge in [0.05, 0.1) is 12.1 Å². The van der Waals surface area contributed by atoms with E-state index < -0.39 is 0 Å². The average molecular weight is 288 g/mol. The van der Waals surface area contributed by atoms with E-state index in [1.54, 1.807) is 11.3 Å². The van der Waals surface area contributed by atoms with Crippen molar-refractivity contribution < 1.29 is 4.79 Å². The highest BCUT2D eigenvalue weighted by atomic mass is 32.1. The van der Waals surface area contributed by atoms with Gasteiger partial charge in [-0.2, -0.15) is 0 Å². The van der Waals surface area contributed by atoms with E-state index in [-0.39, 0.29) is 5.91 Å². The monoisotopic (exact) mass is 288 g/mol. The molecule has 1 aromatic carbocycles. The molecule has 1 amide bonds.